The molecule has 0 saturated heterocycles. The molecule has 3 rings (SSSR count). The minimum atomic E-state index is -4.48. The molecule has 21 heavy (non-hydrogen) atoms. The molecule has 0 aliphatic carbocycles. The number of rotatable bonds is 2. The predicted molar refractivity (Wildman–Crippen MR) is 69.9 cm³/mol. The second kappa shape index (κ2) is 5.18. The van der Waals surface area contributed by atoms with Gasteiger partial charge in [-0.15, -0.1) is 21.8 Å². The van der Waals surface area contributed by atoms with Crippen molar-refractivity contribution in [2.75, 3.05) is 11.4 Å². The van der Waals surface area contributed by atoms with E-state index in [0.29, 0.717) is 18.2 Å². The van der Waals surface area contributed by atoms with Crippen LogP contribution in [0.4, 0.5) is 19.0 Å². The number of pyridine rings is 1. The van der Waals surface area contributed by atoms with Gasteiger partial charge in [-0.2, -0.15) is 13.2 Å². The largest absolute Gasteiger partial charge is 0.451 e. The van der Waals surface area contributed by atoms with Gasteiger partial charge in [-0.1, -0.05) is 0 Å². The zero-order valence-electron chi connectivity index (χ0n) is 10.8. The van der Waals surface area contributed by atoms with Crippen LogP contribution in [0.2, 0.25) is 0 Å². The average Bonchev–Trinajstić information content (AvgIpc) is 2.90. The van der Waals surface area contributed by atoms with Gasteiger partial charge in [0.2, 0.25) is 5.82 Å². The first-order valence-electron chi connectivity index (χ1n) is 6.24. The zero-order valence-corrected chi connectivity index (χ0v) is 11.6. The lowest BCUT2D eigenvalue weighted by Gasteiger charge is -2.29. The van der Waals surface area contributed by atoms with Gasteiger partial charge in [-0.05, 0) is 17.7 Å². The SMILES string of the molecule is FC(F)(F)c1nnc2n1CCN(c1cc(CCl)ccn1)C2. The number of alkyl halides is 4. The summed E-state index contributed by atoms with van der Waals surface area (Å²) in [6.07, 6.45) is -2.85. The molecule has 0 N–H and O–H groups in total. The number of anilines is 1. The number of hydrogen-bond donors (Lipinski definition) is 0. The maximum absolute atomic E-state index is 12.8. The van der Waals surface area contributed by atoms with Gasteiger partial charge in [0.1, 0.15) is 5.82 Å². The van der Waals surface area contributed by atoms with Crippen LogP contribution in [-0.4, -0.2) is 26.3 Å². The molecular formula is C12H11ClF3N5. The molecule has 0 amide bonds. The van der Waals surface area contributed by atoms with E-state index in [1.54, 1.807) is 12.3 Å². The monoisotopic (exact) mass is 317 g/mol. The fourth-order valence-corrected chi connectivity index (χ4v) is 2.45. The Bertz CT molecular complexity index is 655. The Morgan fingerprint density at radius 2 is 2.05 bits per heavy atom. The molecule has 0 radical (unpaired) electrons. The van der Waals surface area contributed by atoms with E-state index in [0.717, 1.165) is 10.1 Å². The molecule has 9 heteroatoms. The average molecular weight is 318 g/mol. The van der Waals surface area contributed by atoms with Crippen molar-refractivity contribution in [3.63, 3.8) is 0 Å². The van der Waals surface area contributed by atoms with E-state index in [1.807, 2.05) is 11.0 Å². The summed E-state index contributed by atoms with van der Waals surface area (Å²) in [6.45, 7) is 0.818. The number of hydrogen-bond acceptors (Lipinski definition) is 4. The number of halogens is 4. The van der Waals surface area contributed by atoms with E-state index < -0.39 is 12.0 Å². The van der Waals surface area contributed by atoms with Crippen LogP contribution in [0.25, 0.3) is 0 Å². The lowest BCUT2D eigenvalue weighted by Crippen LogP contribution is -2.35. The molecule has 0 unspecified atom stereocenters. The fourth-order valence-electron chi connectivity index (χ4n) is 2.28. The van der Waals surface area contributed by atoms with Crippen molar-refractivity contribution >= 4 is 17.4 Å². The summed E-state index contributed by atoms with van der Waals surface area (Å²) in [5.74, 6) is 0.375. The van der Waals surface area contributed by atoms with Crippen LogP contribution in [0.5, 0.6) is 0 Å². The standard InChI is InChI=1S/C12H11ClF3N5/c13-6-8-1-2-17-9(5-8)20-3-4-21-10(7-20)18-19-11(21)12(14,15)16/h1-2,5H,3-4,6-7H2. The first-order chi connectivity index (χ1) is 9.99. The van der Waals surface area contributed by atoms with Crippen molar-refractivity contribution in [3.8, 4) is 0 Å². The van der Waals surface area contributed by atoms with Gasteiger partial charge in [0.25, 0.3) is 0 Å². The third-order valence-electron chi connectivity index (χ3n) is 3.29. The first-order valence-corrected chi connectivity index (χ1v) is 6.77. The summed E-state index contributed by atoms with van der Waals surface area (Å²) < 4.78 is 39.4. The Balaban J connectivity index is 1.86. The van der Waals surface area contributed by atoms with Crippen molar-refractivity contribution in [1.29, 1.82) is 0 Å². The van der Waals surface area contributed by atoms with Crippen molar-refractivity contribution in [2.45, 2.75) is 25.1 Å². The van der Waals surface area contributed by atoms with Crippen LogP contribution in [0.3, 0.4) is 0 Å². The highest BCUT2D eigenvalue weighted by Crippen LogP contribution is 2.30. The molecule has 0 atom stereocenters. The number of fused-ring (bicyclic) bond motifs is 1. The van der Waals surface area contributed by atoms with Crippen LogP contribution in [0.1, 0.15) is 17.2 Å². The van der Waals surface area contributed by atoms with Gasteiger partial charge < -0.3 is 9.47 Å². The van der Waals surface area contributed by atoms with E-state index in [9.17, 15) is 13.2 Å². The lowest BCUT2D eigenvalue weighted by atomic mass is 10.2. The van der Waals surface area contributed by atoms with Crippen LogP contribution in [0.15, 0.2) is 18.3 Å². The summed E-state index contributed by atoms with van der Waals surface area (Å²) in [5.41, 5.74) is 0.907. The fraction of sp³-hybridized carbons (Fsp3) is 0.417. The summed E-state index contributed by atoms with van der Waals surface area (Å²) in [5, 5.41) is 6.89. The topological polar surface area (TPSA) is 46.8 Å². The molecule has 112 valence electrons. The Kier molecular flexibility index (Phi) is 3.48. The maximum Gasteiger partial charge on any atom is 0.451 e. The Hall–Kier alpha value is -1.83. The number of aromatic nitrogens is 4. The summed E-state index contributed by atoms with van der Waals surface area (Å²) in [4.78, 5) is 6.09. The van der Waals surface area contributed by atoms with Gasteiger partial charge in [-0.3, -0.25) is 0 Å². The third-order valence-corrected chi connectivity index (χ3v) is 3.60. The predicted octanol–water partition coefficient (Wildman–Crippen LogP) is 2.45. The molecule has 2 aromatic heterocycles. The van der Waals surface area contributed by atoms with Gasteiger partial charge in [0.05, 0.1) is 6.54 Å². The van der Waals surface area contributed by atoms with Gasteiger partial charge in [0, 0.05) is 25.2 Å². The van der Waals surface area contributed by atoms with Crippen LogP contribution < -0.4 is 4.90 Å². The van der Waals surface area contributed by atoms with E-state index in [-0.39, 0.29) is 18.9 Å². The normalized spacial score (nSPS) is 15.1. The highest BCUT2D eigenvalue weighted by atomic mass is 35.5. The van der Waals surface area contributed by atoms with Gasteiger partial charge >= 0.3 is 6.18 Å². The summed E-state index contributed by atoms with van der Waals surface area (Å²) in [6, 6.07) is 3.62. The molecular weight excluding hydrogens is 307 g/mol. The molecule has 0 spiro atoms. The van der Waals surface area contributed by atoms with E-state index in [4.69, 9.17) is 11.6 Å². The Morgan fingerprint density at radius 3 is 2.76 bits per heavy atom. The van der Waals surface area contributed by atoms with Crippen LogP contribution in [0, 0.1) is 0 Å². The van der Waals surface area contributed by atoms with Crippen LogP contribution >= 0.6 is 11.6 Å². The Morgan fingerprint density at radius 1 is 1.24 bits per heavy atom. The Labute approximate surface area is 123 Å². The number of nitrogens with zero attached hydrogens (tertiary/aromatic N) is 5. The molecule has 2 aromatic rings. The van der Waals surface area contributed by atoms with Crippen molar-refractivity contribution in [3.05, 3.63) is 35.5 Å². The second-order valence-electron chi connectivity index (χ2n) is 4.67. The first kappa shape index (κ1) is 14.1. The summed E-state index contributed by atoms with van der Waals surface area (Å²) in [7, 11) is 0. The maximum atomic E-state index is 12.8. The molecule has 5 nitrogen and oxygen atoms in total. The second-order valence-corrected chi connectivity index (χ2v) is 4.93. The van der Waals surface area contributed by atoms with E-state index in [2.05, 4.69) is 15.2 Å². The zero-order chi connectivity index (χ0) is 15.0. The highest BCUT2D eigenvalue weighted by molar-refractivity contribution is 6.17. The molecule has 0 aromatic carbocycles. The van der Waals surface area contributed by atoms with E-state index in [1.165, 1.54) is 0 Å². The molecule has 1 aliphatic rings. The minimum absolute atomic E-state index is 0.171. The van der Waals surface area contributed by atoms with Crippen molar-refractivity contribution in [1.82, 2.24) is 19.7 Å². The molecule has 3 heterocycles. The lowest BCUT2D eigenvalue weighted by molar-refractivity contribution is -0.147. The van der Waals surface area contributed by atoms with E-state index >= 15 is 0 Å². The minimum Gasteiger partial charge on any atom is -0.347 e. The van der Waals surface area contributed by atoms with Crippen molar-refractivity contribution < 1.29 is 13.2 Å². The van der Waals surface area contributed by atoms with Crippen molar-refractivity contribution in [2.24, 2.45) is 0 Å². The molecule has 0 bridgehead atoms. The van der Waals surface area contributed by atoms with Gasteiger partial charge in [0.15, 0.2) is 5.82 Å². The highest BCUT2D eigenvalue weighted by Gasteiger charge is 2.39. The smallest absolute Gasteiger partial charge is 0.347 e. The van der Waals surface area contributed by atoms with Gasteiger partial charge in [-0.25, -0.2) is 4.98 Å². The molecule has 0 saturated carbocycles. The molecule has 0 fully saturated rings. The van der Waals surface area contributed by atoms with Crippen LogP contribution in [-0.2, 0) is 25.1 Å². The quantitative estimate of drug-likeness (QED) is 0.798. The molecule has 1 aliphatic heterocycles. The third kappa shape index (κ3) is 2.67. The summed E-state index contributed by atoms with van der Waals surface area (Å²) >= 11 is 5.77.